The number of benzene rings is 2. The van der Waals surface area contributed by atoms with Crippen molar-refractivity contribution < 1.29 is 9.18 Å². The Morgan fingerprint density at radius 2 is 2.06 bits per heavy atom. The van der Waals surface area contributed by atoms with Crippen LogP contribution in [0.1, 0.15) is 45.9 Å². The van der Waals surface area contributed by atoms with Gasteiger partial charge in [-0.1, -0.05) is 12.1 Å². The number of hydrogen-bond acceptors (Lipinski definition) is 4. The Labute approximate surface area is 197 Å². The number of nitrogens with one attached hydrogen (secondary N) is 2. The fourth-order valence-electron chi connectivity index (χ4n) is 5.39. The molecule has 4 aromatic rings. The Kier molecular flexibility index (Phi) is 4.88. The number of carbonyl (C=O) groups is 1. The van der Waals surface area contributed by atoms with E-state index < -0.39 is 0 Å². The minimum Gasteiger partial charge on any atom is -0.355 e. The normalized spacial score (nSPS) is 17.1. The summed E-state index contributed by atoms with van der Waals surface area (Å²) in [6, 6.07) is 13.7. The molecule has 0 radical (unpaired) electrons. The van der Waals surface area contributed by atoms with Crippen molar-refractivity contribution in [2.75, 3.05) is 19.4 Å². The number of pyridine rings is 1. The summed E-state index contributed by atoms with van der Waals surface area (Å²) >= 11 is 0. The maximum Gasteiger partial charge on any atom is 0.254 e. The van der Waals surface area contributed by atoms with Crippen LogP contribution in [0, 0.1) is 5.82 Å². The molecule has 1 aliphatic carbocycles. The minimum atomic E-state index is -0.326. The fraction of sp³-hybridized carbons (Fsp3) is 0.259. The maximum absolute atomic E-state index is 13.6. The molecule has 1 atom stereocenters. The second kappa shape index (κ2) is 7.95. The lowest BCUT2D eigenvalue weighted by Crippen LogP contribution is -2.24. The zero-order valence-electron chi connectivity index (χ0n) is 19.2. The molecule has 1 aliphatic heterocycles. The standard InChI is InChI=1S/C27H26FN5O/c1-32(2)23-5-3-4-16-6-7-18(13-20(16)23)31-22-9-8-19(21-14-30-27(34)26(21)22)24-15-29-25-12-17(28)10-11-33(24)25/h6-13,15,23,31H,3-5,14H2,1-2H3,(H,30,34)/t23-/m1/s1. The van der Waals surface area contributed by atoms with Crippen molar-refractivity contribution in [1.82, 2.24) is 19.6 Å². The molecule has 0 unspecified atom stereocenters. The third-order valence-corrected chi connectivity index (χ3v) is 7.05. The fourth-order valence-corrected chi connectivity index (χ4v) is 5.39. The highest BCUT2D eigenvalue weighted by atomic mass is 19.1. The number of fused-ring (bicyclic) bond motifs is 3. The summed E-state index contributed by atoms with van der Waals surface area (Å²) in [4.78, 5) is 19.5. The Morgan fingerprint density at radius 1 is 1.18 bits per heavy atom. The molecule has 2 aromatic heterocycles. The largest absolute Gasteiger partial charge is 0.355 e. The summed E-state index contributed by atoms with van der Waals surface area (Å²) in [5.41, 5.74) is 8.37. The van der Waals surface area contributed by atoms with Crippen LogP contribution in [0.4, 0.5) is 15.8 Å². The van der Waals surface area contributed by atoms with Crippen LogP contribution < -0.4 is 10.6 Å². The summed E-state index contributed by atoms with van der Waals surface area (Å²) in [5.74, 6) is -0.420. The molecule has 0 saturated heterocycles. The van der Waals surface area contributed by atoms with Gasteiger partial charge in [-0.15, -0.1) is 0 Å². The lowest BCUT2D eigenvalue weighted by Gasteiger charge is -2.31. The maximum atomic E-state index is 13.6. The molecule has 6 rings (SSSR count). The first kappa shape index (κ1) is 20.9. The molecule has 34 heavy (non-hydrogen) atoms. The highest BCUT2D eigenvalue weighted by Gasteiger charge is 2.28. The van der Waals surface area contributed by atoms with E-state index in [1.807, 2.05) is 16.5 Å². The summed E-state index contributed by atoms with van der Waals surface area (Å²) in [6.07, 6.45) is 6.86. The number of aryl methyl sites for hydroxylation is 1. The molecule has 7 heteroatoms. The van der Waals surface area contributed by atoms with E-state index >= 15 is 0 Å². The second-order valence-corrected chi connectivity index (χ2v) is 9.32. The molecule has 6 nitrogen and oxygen atoms in total. The third-order valence-electron chi connectivity index (χ3n) is 7.05. The average Bonchev–Trinajstić information content (AvgIpc) is 3.42. The number of halogens is 1. The zero-order chi connectivity index (χ0) is 23.4. The molecule has 0 saturated carbocycles. The molecule has 3 heterocycles. The van der Waals surface area contributed by atoms with E-state index in [2.05, 4.69) is 52.8 Å². The first-order valence-corrected chi connectivity index (χ1v) is 11.6. The summed E-state index contributed by atoms with van der Waals surface area (Å²) < 4.78 is 15.5. The van der Waals surface area contributed by atoms with Gasteiger partial charge in [0, 0.05) is 36.1 Å². The quantitative estimate of drug-likeness (QED) is 0.451. The van der Waals surface area contributed by atoms with Gasteiger partial charge in [0.2, 0.25) is 0 Å². The molecular formula is C27H26FN5O. The predicted molar refractivity (Wildman–Crippen MR) is 131 cm³/mol. The van der Waals surface area contributed by atoms with Gasteiger partial charge in [0.15, 0.2) is 0 Å². The number of nitrogens with zero attached hydrogens (tertiary/aromatic N) is 3. The smallest absolute Gasteiger partial charge is 0.254 e. The van der Waals surface area contributed by atoms with E-state index in [-0.39, 0.29) is 11.7 Å². The summed E-state index contributed by atoms with van der Waals surface area (Å²) in [5, 5.41) is 6.48. The van der Waals surface area contributed by atoms with Crippen LogP contribution in [0.3, 0.4) is 0 Å². The van der Waals surface area contributed by atoms with Gasteiger partial charge in [0.25, 0.3) is 5.91 Å². The van der Waals surface area contributed by atoms with Crippen molar-refractivity contribution >= 4 is 22.9 Å². The lowest BCUT2D eigenvalue weighted by molar-refractivity contribution is 0.0966. The molecule has 2 aliphatic rings. The molecule has 0 bridgehead atoms. The third kappa shape index (κ3) is 3.35. The topological polar surface area (TPSA) is 61.7 Å². The van der Waals surface area contributed by atoms with E-state index in [9.17, 15) is 9.18 Å². The number of carbonyl (C=O) groups excluding carboxylic acids is 1. The number of imidazole rings is 1. The Balaban J connectivity index is 1.41. The van der Waals surface area contributed by atoms with E-state index in [0.29, 0.717) is 23.8 Å². The first-order chi connectivity index (χ1) is 16.5. The van der Waals surface area contributed by atoms with Crippen molar-refractivity contribution in [2.24, 2.45) is 0 Å². The van der Waals surface area contributed by atoms with Gasteiger partial charge in [0.05, 0.1) is 23.1 Å². The Morgan fingerprint density at radius 3 is 2.91 bits per heavy atom. The Hall–Kier alpha value is -3.71. The molecule has 0 fully saturated rings. The second-order valence-electron chi connectivity index (χ2n) is 9.32. The number of amides is 1. The molecule has 2 N–H and O–H groups in total. The van der Waals surface area contributed by atoms with Crippen molar-refractivity contribution in [3.63, 3.8) is 0 Å². The van der Waals surface area contributed by atoms with Crippen LogP contribution in [-0.2, 0) is 13.0 Å². The molecule has 2 aromatic carbocycles. The van der Waals surface area contributed by atoms with Gasteiger partial charge >= 0.3 is 0 Å². The highest BCUT2D eigenvalue weighted by molar-refractivity contribution is 6.06. The van der Waals surface area contributed by atoms with Crippen LogP contribution in [0.25, 0.3) is 16.9 Å². The van der Waals surface area contributed by atoms with Gasteiger partial charge in [-0.2, -0.15) is 0 Å². The van der Waals surface area contributed by atoms with Gasteiger partial charge in [-0.25, -0.2) is 9.37 Å². The van der Waals surface area contributed by atoms with Crippen LogP contribution in [0.15, 0.2) is 54.9 Å². The van der Waals surface area contributed by atoms with Crippen molar-refractivity contribution in [3.05, 3.63) is 82.9 Å². The van der Waals surface area contributed by atoms with Gasteiger partial charge < -0.3 is 15.5 Å². The molecular weight excluding hydrogens is 429 g/mol. The molecule has 172 valence electrons. The number of rotatable bonds is 4. The van der Waals surface area contributed by atoms with E-state index in [4.69, 9.17) is 0 Å². The van der Waals surface area contributed by atoms with Crippen LogP contribution in [0.2, 0.25) is 0 Å². The van der Waals surface area contributed by atoms with Crippen molar-refractivity contribution in [2.45, 2.75) is 31.8 Å². The number of hydrogen-bond donors (Lipinski definition) is 2. The summed E-state index contributed by atoms with van der Waals surface area (Å²) in [7, 11) is 4.26. The summed E-state index contributed by atoms with van der Waals surface area (Å²) in [6.45, 7) is 0.445. The highest BCUT2D eigenvalue weighted by Crippen LogP contribution is 2.38. The minimum absolute atomic E-state index is 0.0941. The van der Waals surface area contributed by atoms with Crippen LogP contribution in [-0.4, -0.2) is 34.3 Å². The number of aromatic nitrogens is 2. The van der Waals surface area contributed by atoms with Crippen LogP contribution >= 0.6 is 0 Å². The first-order valence-electron chi connectivity index (χ1n) is 11.6. The van der Waals surface area contributed by atoms with E-state index in [1.54, 1.807) is 12.4 Å². The molecule has 0 spiro atoms. The number of anilines is 2. The van der Waals surface area contributed by atoms with Crippen molar-refractivity contribution in [3.8, 4) is 11.3 Å². The zero-order valence-corrected chi connectivity index (χ0v) is 19.2. The van der Waals surface area contributed by atoms with Crippen molar-refractivity contribution in [1.29, 1.82) is 0 Å². The lowest BCUT2D eigenvalue weighted by atomic mass is 9.86. The monoisotopic (exact) mass is 455 g/mol. The SMILES string of the molecule is CN(C)[C@@H]1CCCc2ccc(Nc3ccc(-c4cnc5cc(F)ccn45)c4c3C(=O)NC4)cc21. The van der Waals surface area contributed by atoms with Gasteiger partial charge in [0.1, 0.15) is 11.5 Å². The molecule has 1 amide bonds. The Bertz CT molecular complexity index is 1440. The van der Waals surface area contributed by atoms with Gasteiger partial charge in [-0.3, -0.25) is 9.20 Å². The predicted octanol–water partition coefficient (Wildman–Crippen LogP) is 5.07. The average molecular weight is 456 g/mol. The van der Waals surface area contributed by atoms with E-state index in [0.717, 1.165) is 41.0 Å². The van der Waals surface area contributed by atoms with Crippen LogP contribution in [0.5, 0.6) is 0 Å². The van der Waals surface area contributed by atoms with Gasteiger partial charge in [-0.05, 0) is 74.3 Å². The van der Waals surface area contributed by atoms with E-state index in [1.165, 1.54) is 29.7 Å².